The molecule has 3 rings (SSSR count). The molecule has 0 radical (unpaired) electrons. The highest BCUT2D eigenvalue weighted by Gasteiger charge is 2.24. The number of hydrogen-bond donors (Lipinski definition) is 1. The first-order valence-corrected chi connectivity index (χ1v) is 6.37. The molecule has 0 aliphatic rings. The number of nitrogens with one attached hydrogen (secondary N) is 1. The summed E-state index contributed by atoms with van der Waals surface area (Å²) in [5.41, 5.74) is 2.04. The Morgan fingerprint density at radius 3 is 2.35 bits per heavy atom. The summed E-state index contributed by atoms with van der Waals surface area (Å²) in [5, 5.41) is 7.85. The van der Waals surface area contributed by atoms with Crippen LogP contribution in [0, 0.1) is 11.6 Å². The van der Waals surface area contributed by atoms with Crippen LogP contribution in [0.2, 0.25) is 0 Å². The molecular weight excluding hydrogens is 258 g/mol. The molecule has 4 heteroatoms. The van der Waals surface area contributed by atoms with Crippen LogP contribution in [0.25, 0.3) is 10.9 Å². The Morgan fingerprint density at radius 1 is 0.950 bits per heavy atom. The lowest BCUT2D eigenvalue weighted by Gasteiger charge is -2.26. The number of aromatic amines is 1. The van der Waals surface area contributed by atoms with Crippen molar-refractivity contribution >= 4 is 10.9 Å². The fourth-order valence-corrected chi connectivity index (χ4v) is 2.41. The molecule has 0 spiro atoms. The Balaban J connectivity index is 2.13. The third-order valence-electron chi connectivity index (χ3n) is 3.75. The molecule has 0 bridgehead atoms. The van der Waals surface area contributed by atoms with Gasteiger partial charge >= 0.3 is 0 Å². The molecule has 2 nitrogen and oxygen atoms in total. The van der Waals surface area contributed by atoms with Crippen molar-refractivity contribution in [3.05, 3.63) is 65.4 Å². The van der Waals surface area contributed by atoms with E-state index in [1.807, 2.05) is 32.0 Å². The van der Waals surface area contributed by atoms with Crippen LogP contribution >= 0.6 is 0 Å². The predicted molar refractivity (Wildman–Crippen MR) is 74.6 cm³/mol. The van der Waals surface area contributed by atoms with E-state index >= 15 is 0 Å². The lowest BCUT2D eigenvalue weighted by molar-refractivity contribution is 0.561. The van der Waals surface area contributed by atoms with Gasteiger partial charge in [-0.05, 0) is 35.4 Å². The van der Waals surface area contributed by atoms with Crippen LogP contribution in [0.5, 0.6) is 0 Å². The van der Waals surface area contributed by atoms with Gasteiger partial charge in [-0.1, -0.05) is 19.9 Å². The van der Waals surface area contributed by atoms with E-state index in [9.17, 15) is 8.78 Å². The number of fused-ring (bicyclic) bond motifs is 1. The minimum Gasteiger partial charge on any atom is -0.278 e. The van der Waals surface area contributed by atoms with E-state index in [-0.39, 0.29) is 0 Å². The lowest BCUT2D eigenvalue weighted by Crippen LogP contribution is -2.19. The van der Waals surface area contributed by atoms with Gasteiger partial charge in [-0.15, -0.1) is 0 Å². The average Bonchev–Trinajstić information content (AvgIpc) is 2.84. The quantitative estimate of drug-likeness (QED) is 0.745. The maximum absolute atomic E-state index is 13.4. The summed E-state index contributed by atoms with van der Waals surface area (Å²) in [6, 6.07) is 9.50. The van der Waals surface area contributed by atoms with E-state index < -0.39 is 17.0 Å². The topological polar surface area (TPSA) is 28.7 Å². The zero-order valence-electron chi connectivity index (χ0n) is 11.2. The highest BCUT2D eigenvalue weighted by Crippen LogP contribution is 2.33. The SMILES string of the molecule is CC(C)(c1cc(F)cc(F)c1)c1ccc2[nH]ncc2c1. The van der Waals surface area contributed by atoms with Gasteiger partial charge in [-0.2, -0.15) is 5.10 Å². The number of benzene rings is 2. The third-order valence-corrected chi connectivity index (χ3v) is 3.75. The number of aromatic nitrogens is 2. The van der Waals surface area contributed by atoms with Crippen LogP contribution in [0.4, 0.5) is 8.78 Å². The summed E-state index contributed by atoms with van der Waals surface area (Å²) in [7, 11) is 0. The van der Waals surface area contributed by atoms with Crippen LogP contribution in [-0.2, 0) is 5.41 Å². The molecule has 2 aromatic carbocycles. The zero-order valence-corrected chi connectivity index (χ0v) is 11.2. The molecule has 0 amide bonds. The number of hydrogen-bond acceptors (Lipinski definition) is 1. The van der Waals surface area contributed by atoms with Gasteiger partial charge < -0.3 is 0 Å². The first-order valence-electron chi connectivity index (χ1n) is 6.37. The second kappa shape index (κ2) is 4.40. The Hall–Kier alpha value is -2.23. The molecule has 0 aliphatic carbocycles. The maximum Gasteiger partial charge on any atom is 0.126 e. The smallest absolute Gasteiger partial charge is 0.126 e. The van der Waals surface area contributed by atoms with Crippen molar-refractivity contribution in [3.8, 4) is 0 Å². The number of rotatable bonds is 2. The van der Waals surface area contributed by atoms with Crippen LogP contribution in [0.1, 0.15) is 25.0 Å². The zero-order chi connectivity index (χ0) is 14.3. The molecule has 1 N–H and O–H groups in total. The van der Waals surface area contributed by atoms with E-state index in [1.165, 1.54) is 12.1 Å². The second-order valence-corrected chi connectivity index (χ2v) is 5.46. The van der Waals surface area contributed by atoms with Gasteiger partial charge in [0.1, 0.15) is 11.6 Å². The molecule has 0 saturated heterocycles. The van der Waals surface area contributed by atoms with Gasteiger partial charge in [0.2, 0.25) is 0 Å². The first-order chi connectivity index (χ1) is 9.46. The third kappa shape index (κ3) is 2.07. The van der Waals surface area contributed by atoms with Crippen LogP contribution in [0.3, 0.4) is 0 Å². The second-order valence-electron chi connectivity index (χ2n) is 5.46. The van der Waals surface area contributed by atoms with Crippen molar-refractivity contribution in [1.29, 1.82) is 0 Å². The van der Waals surface area contributed by atoms with Gasteiger partial charge in [0.25, 0.3) is 0 Å². The minimum absolute atomic E-state index is 0.492. The summed E-state index contributed by atoms with van der Waals surface area (Å²) in [4.78, 5) is 0. The van der Waals surface area contributed by atoms with Crippen molar-refractivity contribution in [2.75, 3.05) is 0 Å². The molecular formula is C16H14F2N2. The first kappa shape index (κ1) is 12.8. The monoisotopic (exact) mass is 272 g/mol. The highest BCUT2D eigenvalue weighted by atomic mass is 19.1. The van der Waals surface area contributed by atoms with Gasteiger partial charge in [0.15, 0.2) is 0 Å². The van der Waals surface area contributed by atoms with Crippen molar-refractivity contribution in [3.63, 3.8) is 0 Å². The minimum atomic E-state index is -0.558. The summed E-state index contributed by atoms with van der Waals surface area (Å²) >= 11 is 0. The Morgan fingerprint density at radius 2 is 1.65 bits per heavy atom. The molecule has 0 aliphatic heterocycles. The largest absolute Gasteiger partial charge is 0.278 e. The summed E-state index contributed by atoms with van der Waals surface area (Å²) < 4.78 is 26.8. The molecule has 0 unspecified atom stereocenters. The van der Waals surface area contributed by atoms with E-state index in [4.69, 9.17) is 0 Å². The van der Waals surface area contributed by atoms with Gasteiger partial charge in [0, 0.05) is 16.9 Å². The summed E-state index contributed by atoms with van der Waals surface area (Å²) in [6.45, 7) is 3.89. The fourth-order valence-electron chi connectivity index (χ4n) is 2.41. The normalized spacial score (nSPS) is 12.0. The van der Waals surface area contributed by atoms with Crippen molar-refractivity contribution < 1.29 is 8.78 Å². The van der Waals surface area contributed by atoms with E-state index in [0.717, 1.165) is 22.5 Å². The highest BCUT2D eigenvalue weighted by molar-refractivity contribution is 5.79. The molecule has 20 heavy (non-hydrogen) atoms. The van der Waals surface area contributed by atoms with E-state index in [2.05, 4.69) is 10.2 Å². The maximum atomic E-state index is 13.4. The van der Waals surface area contributed by atoms with Crippen molar-refractivity contribution in [2.45, 2.75) is 19.3 Å². The molecule has 0 atom stereocenters. The Bertz CT molecular complexity index is 755. The molecule has 102 valence electrons. The van der Waals surface area contributed by atoms with Gasteiger partial charge in [-0.25, -0.2) is 8.78 Å². The Labute approximate surface area is 115 Å². The number of nitrogens with zero attached hydrogens (tertiary/aromatic N) is 1. The van der Waals surface area contributed by atoms with Gasteiger partial charge in [0.05, 0.1) is 11.7 Å². The fraction of sp³-hybridized carbons (Fsp3) is 0.188. The molecule has 0 saturated carbocycles. The Kier molecular flexibility index (Phi) is 2.82. The molecule has 1 heterocycles. The van der Waals surface area contributed by atoms with Crippen molar-refractivity contribution in [1.82, 2.24) is 10.2 Å². The van der Waals surface area contributed by atoms with Gasteiger partial charge in [-0.3, -0.25) is 5.10 Å². The standard InChI is InChI=1S/C16H14F2N2/c1-16(2,12-6-13(17)8-14(18)7-12)11-3-4-15-10(5-11)9-19-20-15/h3-9H,1-2H3,(H,19,20). The van der Waals surface area contributed by atoms with E-state index in [1.54, 1.807) is 6.20 Å². The predicted octanol–water partition coefficient (Wildman–Crippen LogP) is 4.17. The molecule has 0 fully saturated rings. The van der Waals surface area contributed by atoms with Crippen LogP contribution < -0.4 is 0 Å². The lowest BCUT2D eigenvalue weighted by atomic mass is 9.78. The summed E-state index contributed by atoms with van der Waals surface area (Å²) in [6.07, 6.45) is 1.74. The van der Waals surface area contributed by atoms with Crippen LogP contribution in [0.15, 0.2) is 42.6 Å². The molecule has 1 aromatic heterocycles. The molecule has 3 aromatic rings. The summed E-state index contributed by atoms with van der Waals surface area (Å²) in [5.74, 6) is -1.12. The van der Waals surface area contributed by atoms with Crippen molar-refractivity contribution in [2.24, 2.45) is 0 Å². The van der Waals surface area contributed by atoms with E-state index in [0.29, 0.717) is 5.56 Å². The average molecular weight is 272 g/mol. The number of H-pyrrole nitrogens is 1. The van der Waals surface area contributed by atoms with Crippen LogP contribution in [-0.4, -0.2) is 10.2 Å². The number of halogens is 2.